The Morgan fingerprint density at radius 2 is 1.93 bits per heavy atom. The number of hydrogen-bond acceptors (Lipinski definition) is 4. The third kappa shape index (κ3) is 4.37. The maximum Gasteiger partial charge on any atom is 0.274 e. The van der Waals surface area contributed by atoms with Gasteiger partial charge in [-0.15, -0.1) is 0 Å². The molecule has 136 valence electrons. The van der Waals surface area contributed by atoms with Crippen molar-refractivity contribution in [3.63, 3.8) is 0 Å². The molecule has 27 heavy (non-hydrogen) atoms. The normalized spacial score (nSPS) is 11.3. The molecule has 2 aromatic carbocycles. The Bertz CT molecular complexity index is 997. The molecule has 6 heteroatoms. The molecular formula is C21H19N3O3. The summed E-state index contributed by atoms with van der Waals surface area (Å²) in [5.74, 6) is -0.557. The molecule has 2 N–H and O–H groups in total. The Morgan fingerprint density at radius 3 is 2.63 bits per heavy atom. The topological polar surface area (TPSA) is 82.5 Å². The lowest BCUT2D eigenvalue weighted by atomic mass is 10.1. The Morgan fingerprint density at radius 1 is 1.19 bits per heavy atom. The molecule has 3 aromatic rings. The summed E-state index contributed by atoms with van der Waals surface area (Å²) in [7, 11) is 0. The molecule has 0 radical (unpaired) electrons. The molecule has 1 aromatic heterocycles. The first-order valence-electron chi connectivity index (χ1n) is 8.39. The van der Waals surface area contributed by atoms with E-state index in [-0.39, 0.29) is 0 Å². The van der Waals surface area contributed by atoms with Gasteiger partial charge >= 0.3 is 0 Å². The number of rotatable bonds is 6. The predicted octanol–water partition coefficient (Wildman–Crippen LogP) is 3.42. The van der Waals surface area contributed by atoms with Crippen LogP contribution in [0.4, 0.5) is 5.69 Å². The van der Waals surface area contributed by atoms with Gasteiger partial charge in [-0.3, -0.25) is 19.8 Å². The van der Waals surface area contributed by atoms with Gasteiger partial charge in [-0.1, -0.05) is 42.0 Å². The van der Waals surface area contributed by atoms with E-state index >= 15 is 0 Å². The van der Waals surface area contributed by atoms with Crippen molar-refractivity contribution < 1.29 is 14.8 Å². The fourth-order valence-electron chi connectivity index (χ4n) is 2.80. The quantitative estimate of drug-likeness (QED) is 0.400. The first-order chi connectivity index (χ1) is 13.1. The van der Waals surface area contributed by atoms with E-state index in [0.29, 0.717) is 12.1 Å². The number of hydrogen-bond donors (Lipinski definition) is 2. The molecule has 0 aliphatic rings. The van der Waals surface area contributed by atoms with Crippen molar-refractivity contribution in [2.24, 2.45) is 0 Å². The van der Waals surface area contributed by atoms with E-state index in [0.717, 1.165) is 34.1 Å². The lowest BCUT2D eigenvalue weighted by molar-refractivity contribution is -0.107. The monoisotopic (exact) mass is 361 g/mol. The summed E-state index contributed by atoms with van der Waals surface area (Å²) < 4.78 is 0. The fourth-order valence-corrected chi connectivity index (χ4v) is 2.80. The molecule has 0 fully saturated rings. The minimum atomic E-state index is -0.557. The van der Waals surface area contributed by atoms with Crippen molar-refractivity contribution in [2.45, 2.75) is 6.92 Å². The van der Waals surface area contributed by atoms with Gasteiger partial charge in [0.05, 0.1) is 17.4 Å². The first-order valence-corrected chi connectivity index (χ1v) is 8.39. The van der Waals surface area contributed by atoms with E-state index in [2.05, 4.69) is 4.98 Å². The van der Waals surface area contributed by atoms with Crippen LogP contribution in [-0.2, 0) is 4.79 Å². The maximum absolute atomic E-state index is 11.6. The van der Waals surface area contributed by atoms with Crippen molar-refractivity contribution >= 4 is 35.0 Å². The van der Waals surface area contributed by atoms with Crippen LogP contribution in [0.3, 0.4) is 0 Å². The predicted molar refractivity (Wildman–Crippen MR) is 104 cm³/mol. The molecule has 0 atom stereocenters. The number of benzene rings is 2. The summed E-state index contributed by atoms with van der Waals surface area (Å²) in [4.78, 5) is 28.9. The number of nitrogens with one attached hydrogen (secondary N) is 1. The Kier molecular flexibility index (Phi) is 5.58. The largest absolute Gasteiger partial charge is 0.309 e. The summed E-state index contributed by atoms with van der Waals surface area (Å²) in [6.45, 7) is 2.35. The van der Waals surface area contributed by atoms with Gasteiger partial charge in [0.1, 0.15) is 0 Å². The van der Waals surface area contributed by atoms with Gasteiger partial charge in [-0.2, -0.15) is 0 Å². The van der Waals surface area contributed by atoms with Crippen molar-refractivity contribution in [1.29, 1.82) is 0 Å². The number of fused-ring (bicyclic) bond motifs is 1. The second-order valence-electron chi connectivity index (χ2n) is 6.17. The number of carbonyl (C=O) groups excluding carboxylic acids is 2. The molecule has 0 saturated carbocycles. The van der Waals surface area contributed by atoms with E-state index in [1.165, 1.54) is 0 Å². The number of nitrogens with zero attached hydrogens (tertiary/aromatic N) is 2. The number of amides is 2. The second kappa shape index (κ2) is 8.25. The summed E-state index contributed by atoms with van der Waals surface area (Å²) in [5.41, 5.74) is 5.43. The Labute approximate surface area is 156 Å². The minimum Gasteiger partial charge on any atom is -0.309 e. The van der Waals surface area contributed by atoms with Crippen molar-refractivity contribution in [2.75, 3.05) is 11.4 Å². The third-order valence-electron chi connectivity index (χ3n) is 4.14. The van der Waals surface area contributed by atoms with Crippen LogP contribution in [-0.4, -0.2) is 29.1 Å². The van der Waals surface area contributed by atoms with Gasteiger partial charge in [0.25, 0.3) is 5.91 Å². The van der Waals surface area contributed by atoms with E-state index in [9.17, 15) is 9.59 Å². The van der Waals surface area contributed by atoms with Gasteiger partial charge in [-0.25, -0.2) is 5.48 Å². The average Bonchev–Trinajstić information content (AvgIpc) is 2.71. The summed E-state index contributed by atoms with van der Waals surface area (Å²) in [6, 6.07) is 16.5. The Balaban J connectivity index is 1.77. The highest BCUT2D eigenvalue weighted by Crippen LogP contribution is 2.20. The van der Waals surface area contributed by atoms with Crippen LogP contribution in [0, 0.1) is 0 Å². The molecule has 0 aliphatic carbocycles. The van der Waals surface area contributed by atoms with Crippen LogP contribution in [0.25, 0.3) is 17.0 Å². The van der Waals surface area contributed by atoms with E-state index in [1.54, 1.807) is 40.8 Å². The fraction of sp³-hybridized carbons (Fsp3) is 0.0952. The standard InChI is InChI=1S/C21H19N3O3/c1-15(10-16-6-8-17(9-7-16)21(26)23-27)13-24(14-25)19-11-18-4-2-3-5-20(18)22-12-19/h2-12,14,27H,13H2,1H3,(H,23,26)/b15-10+. The third-order valence-corrected chi connectivity index (χ3v) is 4.14. The molecule has 0 saturated heterocycles. The highest BCUT2D eigenvalue weighted by molar-refractivity contribution is 5.93. The SMILES string of the molecule is C/C(=C\c1ccc(C(=O)NO)cc1)CN(C=O)c1cnc2ccccc2c1. The number of para-hydroxylation sites is 1. The molecule has 0 unspecified atom stereocenters. The minimum absolute atomic E-state index is 0.365. The van der Waals surface area contributed by atoms with Crippen LogP contribution in [0.2, 0.25) is 0 Å². The zero-order valence-electron chi connectivity index (χ0n) is 14.8. The zero-order valence-corrected chi connectivity index (χ0v) is 14.8. The van der Waals surface area contributed by atoms with Crippen molar-refractivity contribution in [3.05, 3.63) is 77.5 Å². The van der Waals surface area contributed by atoms with Crippen molar-refractivity contribution in [1.82, 2.24) is 10.5 Å². The van der Waals surface area contributed by atoms with Gasteiger partial charge in [-0.05, 0) is 36.8 Å². The number of hydroxylamine groups is 1. The van der Waals surface area contributed by atoms with Gasteiger partial charge in [0.15, 0.2) is 0 Å². The number of carbonyl (C=O) groups is 2. The van der Waals surface area contributed by atoms with Gasteiger partial charge < -0.3 is 4.90 Å². The van der Waals surface area contributed by atoms with Crippen molar-refractivity contribution in [3.8, 4) is 0 Å². The summed E-state index contributed by atoms with van der Waals surface area (Å²) >= 11 is 0. The van der Waals surface area contributed by atoms with E-state index in [4.69, 9.17) is 5.21 Å². The summed E-state index contributed by atoms with van der Waals surface area (Å²) in [5, 5.41) is 9.62. The maximum atomic E-state index is 11.6. The molecule has 1 heterocycles. The van der Waals surface area contributed by atoms with Crippen LogP contribution in [0.5, 0.6) is 0 Å². The lowest BCUT2D eigenvalue weighted by Crippen LogP contribution is -2.23. The lowest BCUT2D eigenvalue weighted by Gasteiger charge is -2.18. The molecule has 0 bridgehead atoms. The van der Waals surface area contributed by atoms with Crippen LogP contribution >= 0.6 is 0 Å². The smallest absolute Gasteiger partial charge is 0.274 e. The van der Waals surface area contributed by atoms with E-state index in [1.807, 2.05) is 43.3 Å². The van der Waals surface area contributed by atoms with E-state index < -0.39 is 5.91 Å². The molecule has 3 rings (SSSR count). The molecule has 6 nitrogen and oxygen atoms in total. The van der Waals surface area contributed by atoms with Crippen LogP contribution < -0.4 is 10.4 Å². The van der Waals surface area contributed by atoms with Crippen LogP contribution in [0.15, 0.2) is 66.4 Å². The molecule has 0 spiro atoms. The second-order valence-corrected chi connectivity index (χ2v) is 6.17. The molecule has 0 aliphatic heterocycles. The Hall–Kier alpha value is -3.51. The van der Waals surface area contributed by atoms with Gasteiger partial charge in [0, 0.05) is 17.5 Å². The average molecular weight is 361 g/mol. The van der Waals surface area contributed by atoms with Crippen LogP contribution in [0.1, 0.15) is 22.8 Å². The number of anilines is 1. The highest BCUT2D eigenvalue weighted by atomic mass is 16.5. The number of aromatic nitrogens is 1. The zero-order chi connectivity index (χ0) is 19.2. The molecule has 2 amide bonds. The number of pyridine rings is 1. The van der Waals surface area contributed by atoms with Gasteiger partial charge in [0.2, 0.25) is 6.41 Å². The first kappa shape index (κ1) is 18.3. The molecular weight excluding hydrogens is 342 g/mol. The highest BCUT2D eigenvalue weighted by Gasteiger charge is 2.08. The summed E-state index contributed by atoms with van der Waals surface area (Å²) in [6.07, 6.45) is 4.41.